The van der Waals surface area contributed by atoms with Gasteiger partial charge in [-0.05, 0) is 44.7 Å². The molecular formula is C21H29N3O2. The second-order valence-corrected chi connectivity index (χ2v) is 7.97. The van der Waals surface area contributed by atoms with Crippen LogP contribution in [0.25, 0.3) is 0 Å². The van der Waals surface area contributed by atoms with Crippen LogP contribution in [0, 0.1) is 5.41 Å². The summed E-state index contributed by atoms with van der Waals surface area (Å²) in [5, 5.41) is 0. The van der Waals surface area contributed by atoms with Crippen molar-refractivity contribution in [2.24, 2.45) is 5.41 Å². The van der Waals surface area contributed by atoms with Gasteiger partial charge in [-0.3, -0.25) is 14.6 Å². The van der Waals surface area contributed by atoms with E-state index in [4.69, 9.17) is 0 Å². The normalized spacial score (nSPS) is 19.1. The minimum Gasteiger partial charge on any atom is -0.343 e. The lowest BCUT2D eigenvalue weighted by Gasteiger charge is -2.38. The molecule has 0 unspecified atom stereocenters. The van der Waals surface area contributed by atoms with Crippen molar-refractivity contribution in [1.82, 2.24) is 14.8 Å². The monoisotopic (exact) mass is 355 g/mol. The van der Waals surface area contributed by atoms with Gasteiger partial charge in [0, 0.05) is 56.8 Å². The molecule has 1 aromatic heterocycles. The molecule has 5 heteroatoms. The van der Waals surface area contributed by atoms with Crippen LogP contribution in [0.15, 0.2) is 36.2 Å². The Balaban J connectivity index is 1.48. The number of carbonyl (C=O) groups excluding carboxylic acids is 2. The van der Waals surface area contributed by atoms with E-state index in [1.165, 1.54) is 5.57 Å². The second-order valence-electron chi connectivity index (χ2n) is 7.97. The van der Waals surface area contributed by atoms with Crippen LogP contribution in [0.1, 0.15) is 45.1 Å². The van der Waals surface area contributed by atoms with Gasteiger partial charge in [0.15, 0.2) is 0 Å². The predicted molar refractivity (Wildman–Crippen MR) is 101 cm³/mol. The standard InChI is InChI=1S/C21H29N3O2/c1-17(2)7-11-24-16-21(14-20(24)26)8-12-23(13-9-21)19(25)6-5-18-4-3-10-22-15-18/h3-4,7,10,15H,5-6,8-9,11-14,16H2,1-2H3. The molecule has 1 aromatic rings. The SMILES string of the molecule is CC(C)=CCN1CC2(CCN(C(=O)CCc3cccnc3)CC2)CC1=O. The van der Waals surface area contributed by atoms with E-state index in [2.05, 4.69) is 24.9 Å². The lowest BCUT2D eigenvalue weighted by Crippen LogP contribution is -2.44. The van der Waals surface area contributed by atoms with Crippen molar-refractivity contribution >= 4 is 11.8 Å². The fraction of sp³-hybridized carbons (Fsp3) is 0.571. The molecule has 26 heavy (non-hydrogen) atoms. The molecule has 2 aliphatic heterocycles. The van der Waals surface area contributed by atoms with Gasteiger partial charge >= 0.3 is 0 Å². The first-order valence-electron chi connectivity index (χ1n) is 9.55. The Morgan fingerprint density at radius 2 is 2.08 bits per heavy atom. The highest BCUT2D eigenvalue weighted by Gasteiger charge is 2.44. The number of rotatable bonds is 5. The number of piperidine rings is 1. The minimum atomic E-state index is 0.0761. The van der Waals surface area contributed by atoms with Gasteiger partial charge in [-0.1, -0.05) is 17.7 Å². The van der Waals surface area contributed by atoms with Gasteiger partial charge < -0.3 is 9.80 Å². The Morgan fingerprint density at radius 1 is 1.31 bits per heavy atom. The molecule has 2 amide bonds. The summed E-state index contributed by atoms with van der Waals surface area (Å²) in [5.74, 6) is 0.480. The number of hydrogen-bond donors (Lipinski definition) is 0. The lowest BCUT2D eigenvalue weighted by molar-refractivity contribution is -0.133. The summed E-state index contributed by atoms with van der Waals surface area (Å²) in [6.07, 6.45) is 9.47. The van der Waals surface area contributed by atoms with Crippen molar-refractivity contribution in [3.63, 3.8) is 0 Å². The topological polar surface area (TPSA) is 53.5 Å². The zero-order chi connectivity index (χ0) is 18.6. The molecule has 2 saturated heterocycles. The second kappa shape index (κ2) is 8.02. The van der Waals surface area contributed by atoms with Crippen LogP contribution in [0.5, 0.6) is 0 Å². The summed E-state index contributed by atoms with van der Waals surface area (Å²) in [6, 6.07) is 3.92. The quantitative estimate of drug-likeness (QED) is 0.763. The third-order valence-electron chi connectivity index (χ3n) is 5.65. The number of allylic oxidation sites excluding steroid dienone is 1. The maximum atomic E-state index is 12.5. The molecule has 0 saturated carbocycles. The molecule has 0 N–H and O–H groups in total. The lowest BCUT2D eigenvalue weighted by atomic mass is 9.77. The predicted octanol–water partition coefficient (Wildman–Crippen LogP) is 2.82. The van der Waals surface area contributed by atoms with E-state index in [1.54, 1.807) is 6.20 Å². The molecule has 0 atom stereocenters. The summed E-state index contributed by atoms with van der Waals surface area (Å²) in [7, 11) is 0. The summed E-state index contributed by atoms with van der Waals surface area (Å²) in [5.41, 5.74) is 2.42. The van der Waals surface area contributed by atoms with Gasteiger partial charge in [0.2, 0.25) is 11.8 Å². The summed E-state index contributed by atoms with van der Waals surface area (Å²) in [4.78, 5) is 32.9. The van der Waals surface area contributed by atoms with Crippen LogP contribution in [0.3, 0.4) is 0 Å². The average molecular weight is 355 g/mol. The smallest absolute Gasteiger partial charge is 0.223 e. The van der Waals surface area contributed by atoms with E-state index in [1.807, 2.05) is 28.1 Å². The van der Waals surface area contributed by atoms with Crippen LogP contribution in [0.2, 0.25) is 0 Å². The number of amides is 2. The average Bonchev–Trinajstić information content (AvgIpc) is 2.94. The fourth-order valence-corrected chi connectivity index (χ4v) is 3.96. The third kappa shape index (κ3) is 4.51. The first-order chi connectivity index (χ1) is 12.5. The number of aromatic nitrogens is 1. The Labute approximate surface area is 156 Å². The maximum absolute atomic E-state index is 12.5. The molecule has 140 valence electrons. The van der Waals surface area contributed by atoms with Crippen molar-refractivity contribution < 1.29 is 9.59 Å². The summed E-state index contributed by atoms with van der Waals surface area (Å²) in [6.45, 7) is 7.23. The van der Waals surface area contributed by atoms with Gasteiger partial charge in [0.25, 0.3) is 0 Å². The highest BCUT2D eigenvalue weighted by Crippen LogP contribution is 2.41. The van der Waals surface area contributed by atoms with E-state index >= 15 is 0 Å². The van der Waals surface area contributed by atoms with Gasteiger partial charge in [0.1, 0.15) is 0 Å². The van der Waals surface area contributed by atoms with Gasteiger partial charge in [-0.2, -0.15) is 0 Å². The molecule has 2 aliphatic rings. The number of likely N-dealkylation sites (tertiary alicyclic amines) is 2. The first kappa shape index (κ1) is 18.6. The molecule has 1 spiro atoms. The Morgan fingerprint density at radius 3 is 2.73 bits per heavy atom. The van der Waals surface area contributed by atoms with Crippen molar-refractivity contribution in [3.8, 4) is 0 Å². The van der Waals surface area contributed by atoms with Crippen molar-refractivity contribution in [1.29, 1.82) is 0 Å². The summed E-state index contributed by atoms with van der Waals surface area (Å²) < 4.78 is 0. The molecule has 0 aliphatic carbocycles. The Kier molecular flexibility index (Phi) is 5.74. The highest BCUT2D eigenvalue weighted by atomic mass is 16.2. The van der Waals surface area contributed by atoms with E-state index < -0.39 is 0 Å². The number of carbonyl (C=O) groups is 2. The number of nitrogens with zero attached hydrogens (tertiary/aromatic N) is 3. The molecule has 3 heterocycles. The molecule has 0 aromatic carbocycles. The van der Waals surface area contributed by atoms with Crippen LogP contribution in [-0.2, 0) is 16.0 Å². The van der Waals surface area contributed by atoms with Crippen LogP contribution in [0.4, 0.5) is 0 Å². The number of pyridine rings is 1. The van der Waals surface area contributed by atoms with E-state index in [0.717, 1.165) is 51.0 Å². The molecule has 3 rings (SSSR count). The zero-order valence-corrected chi connectivity index (χ0v) is 15.9. The van der Waals surface area contributed by atoms with Gasteiger partial charge in [-0.25, -0.2) is 0 Å². The van der Waals surface area contributed by atoms with E-state index in [9.17, 15) is 9.59 Å². The molecule has 0 bridgehead atoms. The number of hydrogen-bond acceptors (Lipinski definition) is 3. The van der Waals surface area contributed by atoms with Crippen molar-refractivity contribution in [2.75, 3.05) is 26.2 Å². The fourth-order valence-electron chi connectivity index (χ4n) is 3.96. The first-order valence-corrected chi connectivity index (χ1v) is 9.55. The van der Waals surface area contributed by atoms with Crippen LogP contribution >= 0.6 is 0 Å². The largest absolute Gasteiger partial charge is 0.343 e. The van der Waals surface area contributed by atoms with Crippen LogP contribution < -0.4 is 0 Å². The Bertz CT molecular complexity index is 672. The Hall–Kier alpha value is -2.17. The molecular weight excluding hydrogens is 326 g/mol. The van der Waals surface area contributed by atoms with E-state index in [0.29, 0.717) is 12.8 Å². The van der Waals surface area contributed by atoms with Gasteiger partial charge in [0.05, 0.1) is 0 Å². The van der Waals surface area contributed by atoms with E-state index in [-0.39, 0.29) is 17.2 Å². The highest BCUT2D eigenvalue weighted by molar-refractivity contribution is 5.80. The van der Waals surface area contributed by atoms with Crippen LogP contribution in [-0.4, -0.2) is 52.8 Å². The third-order valence-corrected chi connectivity index (χ3v) is 5.65. The molecule has 0 radical (unpaired) electrons. The maximum Gasteiger partial charge on any atom is 0.223 e. The molecule has 5 nitrogen and oxygen atoms in total. The zero-order valence-electron chi connectivity index (χ0n) is 15.9. The van der Waals surface area contributed by atoms with Crippen molar-refractivity contribution in [3.05, 3.63) is 41.7 Å². The van der Waals surface area contributed by atoms with Crippen molar-refractivity contribution in [2.45, 2.75) is 46.0 Å². The number of aryl methyl sites for hydroxylation is 1. The summed E-state index contributed by atoms with van der Waals surface area (Å²) >= 11 is 0. The van der Waals surface area contributed by atoms with Gasteiger partial charge in [-0.15, -0.1) is 0 Å². The molecule has 2 fully saturated rings. The minimum absolute atomic E-state index is 0.0761.